The van der Waals surface area contributed by atoms with Crippen LogP contribution >= 0.6 is 0 Å². The highest BCUT2D eigenvalue weighted by Gasteiger charge is 2.20. The third kappa shape index (κ3) is 5.40. The molecule has 4 N–H and O–H groups in total. The Labute approximate surface area is 114 Å². The SMILES string of the molecule is COCCC(C)(O)CNc1cc(N)nc(C(C)C)n1. The molecular formula is C13H24N4O2. The standard InChI is InChI=1S/C13H24N4O2/c1-9(2)12-16-10(14)7-11(17-12)15-8-13(3,18)5-6-19-4/h7,9,18H,5-6,8H2,1-4H3,(H3,14,15,16,17). The molecule has 0 amide bonds. The summed E-state index contributed by atoms with van der Waals surface area (Å²) in [4.78, 5) is 8.54. The van der Waals surface area contributed by atoms with E-state index in [4.69, 9.17) is 10.5 Å². The normalized spacial score (nSPS) is 14.4. The summed E-state index contributed by atoms with van der Waals surface area (Å²) in [5.74, 6) is 1.96. The van der Waals surface area contributed by atoms with Gasteiger partial charge < -0.3 is 20.9 Å². The van der Waals surface area contributed by atoms with E-state index < -0.39 is 5.60 Å². The number of rotatable bonds is 7. The summed E-state index contributed by atoms with van der Waals surface area (Å²) in [6.07, 6.45) is 0.550. The Morgan fingerprint density at radius 1 is 1.47 bits per heavy atom. The fourth-order valence-electron chi connectivity index (χ4n) is 1.53. The Kier molecular flexibility index (Phi) is 5.50. The van der Waals surface area contributed by atoms with Crippen LogP contribution in [0.1, 0.15) is 38.9 Å². The maximum atomic E-state index is 10.1. The van der Waals surface area contributed by atoms with Crippen LogP contribution in [0, 0.1) is 0 Å². The first kappa shape index (κ1) is 15.7. The number of aromatic nitrogens is 2. The second kappa shape index (κ2) is 6.68. The van der Waals surface area contributed by atoms with Crippen molar-refractivity contribution >= 4 is 11.6 Å². The average Bonchev–Trinajstić information content (AvgIpc) is 2.33. The minimum atomic E-state index is -0.853. The van der Waals surface area contributed by atoms with Gasteiger partial charge in [0.2, 0.25) is 0 Å². The topological polar surface area (TPSA) is 93.3 Å². The molecule has 1 aromatic rings. The largest absolute Gasteiger partial charge is 0.388 e. The van der Waals surface area contributed by atoms with Gasteiger partial charge in [0.25, 0.3) is 0 Å². The lowest BCUT2D eigenvalue weighted by atomic mass is 10.0. The van der Waals surface area contributed by atoms with Gasteiger partial charge in [-0.1, -0.05) is 13.8 Å². The van der Waals surface area contributed by atoms with Crippen LogP contribution in [0.4, 0.5) is 11.6 Å². The van der Waals surface area contributed by atoms with Crippen molar-refractivity contribution in [2.75, 3.05) is 31.3 Å². The molecule has 0 radical (unpaired) electrons. The summed E-state index contributed by atoms with van der Waals surface area (Å²) in [5, 5.41) is 13.2. The Balaban J connectivity index is 2.67. The molecule has 0 aliphatic heterocycles. The smallest absolute Gasteiger partial charge is 0.135 e. The molecule has 0 bridgehead atoms. The second-order valence-electron chi connectivity index (χ2n) is 5.28. The molecular weight excluding hydrogens is 244 g/mol. The highest BCUT2D eigenvalue weighted by atomic mass is 16.5. The van der Waals surface area contributed by atoms with Crippen molar-refractivity contribution < 1.29 is 9.84 Å². The first-order valence-electron chi connectivity index (χ1n) is 6.44. The van der Waals surface area contributed by atoms with Gasteiger partial charge in [-0.05, 0) is 6.92 Å². The predicted molar refractivity (Wildman–Crippen MR) is 76.1 cm³/mol. The third-order valence-electron chi connectivity index (χ3n) is 2.77. The van der Waals surface area contributed by atoms with E-state index in [-0.39, 0.29) is 5.92 Å². The maximum Gasteiger partial charge on any atom is 0.135 e. The number of nitrogens with one attached hydrogen (secondary N) is 1. The molecule has 0 fully saturated rings. The summed E-state index contributed by atoms with van der Waals surface area (Å²) in [7, 11) is 1.61. The summed E-state index contributed by atoms with van der Waals surface area (Å²) in [6, 6.07) is 1.66. The zero-order valence-corrected chi connectivity index (χ0v) is 12.1. The summed E-state index contributed by atoms with van der Waals surface area (Å²) >= 11 is 0. The van der Waals surface area contributed by atoms with Crippen LogP contribution < -0.4 is 11.1 Å². The molecule has 0 spiro atoms. The van der Waals surface area contributed by atoms with Gasteiger partial charge in [0.05, 0.1) is 5.60 Å². The van der Waals surface area contributed by atoms with E-state index in [2.05, 4.69) is 15.3 Å². The minimum absolute atomic E-state index is 0.207. The number of hydrogen-bond donors (Lipinski definition) is 3. The lowest BCUT2D eigenvalue weighted by molar-refractivity contribution is 0.0357. The Morgan fingerprint density at radius 3 is 2.74 bits per heavy atom. The first-order chi connectivity index (χ1) is 8.84. The van der Waals surface area contributed by atoms with Crippen molar-refractivity contribution in [3.63, 3.8) is 0 Å². The number of nitrogen functional groups attached to an aromatic ring is 1. The van der Waals surface area contributed by atoms with Gasteiger partial charge in [0.15, 0.2) is 0 Å². The van der Waals surface area contributed by atoms with Gasteiger partial charge in [-0.15, -0.1) is 0 Å². The molecule has 0 saturated heterocycles. The fraction of sp³-hybridized carbons (Fsp3) is 0.692. The molecule has 1 unspecified atom stereocenters. The van der Waals surface area contributed by atoms with Crippen LogP contribution in [0.5, 0.6) is 0 Å². The van der Waals surface area contributed by atoms with Gasteiger partial charge in [-0.3, -0.25) is 0 Å². The number of nitrogens with two attached hydrogens (primary N) is 1. The Morgan fingerprint density at radius 2 is 2.16 bits per heavy atom. The van der Waals surface area contributed by atoms with Crippen LogP contribution in [0.15, 0.2) is 6.07 Å². The van der Waals surface area contributed by atoms with Crippen molar-refractivity contribution in [2.45, 2.75) is 38.7 Å². The number of hydrogen-bond acceptors (Lipinski definition) is 6. The summed E-state index contributed by atoms with van der Waals surface area (Å²) in [6.45, 7) is 6.66. The maximum absolute atomic E-state index is 10.1. The van der Waals surface area contributed by atoms with Gasteiger partial charge in [-0.2, -0.15) is 0 Å². The molecule has 1 atom stereocenters. The zero-order valence-electron chi connectivity index (χ0n) is 12.1. The lowest BCUT2D eigenvalue weighted by Gasteiger charge is -2.23. The van der Waals surface area contributed by atoms with Gasteiger partial charge in [0.1, 0.15) is 17.5 Å². The van der Waals surface area contributed by atoms with Crippen molar-refractivity contribution in [1.29, 1.82) is 0 Å². The van der Waals surface area contributed by atoms with E-state index in [0.717, 1.165) is 0 Å². The van der Waals surface area contributed by atoms with E-state index in [0.29, 0.717) is 37.0 Å². The highest BCUT2D eigenvalue weighted by Crippen LogP contribution is 2.16. The van der Waals surface area contributed by atoms with Crippen molar-refractivity contribution in [2.24, 2.45) is 0 Å². The molecule has 0 aliphatic rings. The lowest BCUT2D eigenvalue weighted by Crippen LogP contribution is -2.35. The highest BCUT2D eigenvalue weighted by molar-refractivity contribution is 5.45. The molecule has 0 aliphatic carbocycles. The number of methoxy groups -OCH3 is 1. The molecule has 19 heavy (non-hydrogen) atoms. The van der Waals surface area contributed by atoms with Crippen molar-refractivity contribution in [3.05, 3.63) is 11.9 Å². The average molecular weight is 268 g/mol. The molecule has 1 rings (SSSR count). The number of nitrogens with zero attached hydrogens (tertiary/aromatic N) is 2. The first-order valence-corrected chi connectivity index (χ1v) is 6.44. The number of anilines is 2. The van der Waals surface area contributed by atoms with E-state index in [1.807, 2.05) is 13.8 Å². The quantitative estimate of drug-likeness (QED) is 0.692. The van der Waals surface area contributed by atoms with Gasteiger partial charge in [-0.25, -0.2) is 9.97 Å². The third-order valence-corrected chi connectivity index (χ3v) is 2.77. The molecule has 6 heteroatoms. The molecule has 6 nitrogen and oxygen atoms in total. The van der Waals surface area contributed by atoms with Gasteiger partial charge >= 0.3 is 0 Å². The summed E-state index contributed by atoms with van der Waals surface area (Å²) in [5.41, 5.74) is 4.89. The van der Waals surface area contributed by atoms with E-state index in [1.165, 1.54) is 0 Å². The zero-order chi connectivity index (χ0) is 14.5. The molecule has 1 heterocycles. The molecule has 1 aromatic heterocycles. The van der Waals surface area contributed by atoms with Crippen LogP contribution in [-0.4, -0.2) is 40.9 Å². The van der Waals surface area contributed by atoms with E-state index >= 15 is 0 Å². The van der Waals surface area contributed by atoms with Crippen molar-refractivity contribution in [3.8, 4) is 0 Å². The minimum Gasteiger partial charge on any atom is -0.388 e. The monoisotopic (exact) mass is 268 g/mol. The van der Waals surface area contributed by atoms with Gasteiger partial charge in [0, 0.05) is 38.7 Å². The Hall–Kier alpha value is -1.40. The number of ether oxygens (including phenoxy) is 1. The van der Waals surface area contributed by atoms with E-state index in [1.54, 1.807) is 20.1 Å². The van der Waals surface area contributed by atoms with Crippen LogP contribution in [0.2, 0.25) is 0 Å². The molecule has 0 aromatic carbocycles. The van der Waals surface area contributed by atoms with Crippen LogP contribution in [-0.2, 0) is 4.74 Å². The predicted octanol–water partition coefficient (Wildman–Crippen LogP) is 1.38. The van der Waals surface area contributed by atoms with E-state index in [9.17, 15) is 5.11 Å². The van der Waals surface area contributed by atoms with Crippen LogP contribution in [0.3, 0.4) is 0 Å². The second-order valence-corrected chi connectivity index (χ2v) is 5.28. The fourth-order valence-corrected chi connectivity index (χ4v) is 1.53. The van der Waals surface area contributed by atoms with Crippen LogP contribution in [0.25, 0.3) is 0 Å². The summed E-state index contributed by atoms with van der Waals surface area (Å²) < 4.78 is 4.97. The molecule has 108 valence electrons. The Bertz CT molecular complexity index is 408. The number of aliphatic hydroxyl groups is 1. The molecule has 0 saturated carbocycles. The van der Waals surface area contributed by atoms with Crippen molar-refractivity contribution in [1.82, 2.24) is 9.97 Å².